The van der Waals surface area contributed by atoms with Crippen LogP contribution >= 0.6 is 0 Å². The minimum atomic E-state index is -3.91. The maximum absolute atomic E-state index is 15.5. The highest BCUT2D eigenvalue weighted by Crippen LogP contribution is 2.80. The zero-order valence-electron chi connectivity index (χ0n) is 13.7. The lowest BCUT2D eigenvalue weighted by Gasteiger charge is -2.71. The number of nitrogens with zero attached hydrogens (tertiary/aromatic N) is 4. The number of benzene rings is 1. The lowest BCUT2D eigenvalue weighted by molar-refractivity contribution is -0.362. The van der Waals surface area contributed by atoms with E-state index in [0.717, 1.165) is 23.1 Å². The summed E-state index contributed by atoms with van der Waals surface area (Å²) in [5.74, 6) is -7.41. The Morgan fingerprint density at radius 1 is 1.26 bits per heavy atom. The molecular formula is C16H14F4N4O3. The first-order valence-electron chi connectivity index (χ1n) is 8.05. The average molecular weight is 386 g/mol. The summed E-state index contributed by atoms with van der Waals surface area (Å²) < 4.78 is 59.5. The fourth-order valence-electron chi connectivity index (χ4n) is 4.45. The monoisotopic (exact) mass is 386 g/mol. The molecular weight excluding hydrogens is 372 g/mol. The molecule has 1 atom stereocenters. The summed E-state index contributed by atoms with van der Waals surface area (Å²) in [6, 6.07) is 1.91. The van der Waals surface area contributed by atoms with Crippen LogP contribution in [0.25, 0.3) is 0 Å². The van der Waals surface area contributed by atoms with Crippen molar-refractivity contribution in [3.8, 4) is 0 Å². The van der Waals surface area contributed by atoms with Crippen molar-refractivity contribution >= 4 is 5.97 Å². The molecule has 2 N–H and O–H groups in total. The number of rotatable bonds is 6. The van der Waals surface area contributed by atoms with E-state index in [1.807, 2.05) is 0 Å². The van der Waals surface area contributed by atoms with Gasteiger partial charge in [0, 0.05) is 17.0 Å². The Labute approximate surface area is 149 Å². The van der Waals surface area contributed by atoms with Crippen molar-refractivity contribution in [3.05, 3.63) is 41.7 Å². The first-order valence-corrected chi connectivity index (χ1v) is 8.05. The van der Waals surface area contributed by atoms with Gasteiger partial charge in [0.2, 0.25) is 0 Å². The largest absolute Gasteiger partial charge is 0.481 e. The van der Waals surface area contributed by atoms with Gasteiger partial charge < -0.3 is 10.2 Å². The van der Waals surface area contributed by atoms with Crippen molar-refractivity contribution in [1.29, 1.82) is 0 Å². The zero-order chi connectivity index (χ0) is 19.7. The van der Waals surface area contributed by atoms with Crippen LogP contribution in [0.5, 0.6) is 0 Å². The predicted octanol–water partition coefficient (Wildman–Crippen LogP) is 1.73. The summed E-state index contributed by atoms with van der Waals surface area (Å²) in [5.41, 5.74) is -6.92. The summed E-state index contributed by atoms with van der Waals surface area (Å²) in [7, 11) is 0. The molecule has 3 aliphatic rings. The molecule has 3 aliphatic carbocycles. The molecule has 2 aromatic rings. The third-order valence-electron chi connectivity index (χ3n) is 5.83. The third kappa shape index (κ3) is 2.17. The van der Waals surface area contributed by atoms with Gasteiger partial charge in [0.05, 0.1) is 12.0 Å². The fourth-order valence-corrected chi connectivity index (χ4v) is 4.45. The van der Waals surface area contributed by atoms with Gasteiger partial charge >= 0.3 is 5.97 Å². The van der Waals surface area contributed by atoms with Crippen molar-refractivity contribution in [2.24, 2.45) is 10.8 Å². The van der Waals surface area contributed by atoms with Crippen LogP contribution in [0, 0.1) is 22.5 Å². The maximum Gasteiger partial charge on any atom is 0.309 e. The Morgan fingerprint density at radius 2 is 1.93 bits per heavy atom. The fraction of sp³-hybridized carbons (Fsp3) is 0.500. The summed E-state index contributed by atoms with van der Waals surface area (Å²) >= 11 is 0. The lowest BCUT2D eigenvalue weighted by Crippen LogP contribution is -2.76. The Kier molecular flexibility index (Phi) is 3.46. The normalized spacial score (nSPS) is 28.8. The lowest BCUT2D eigenvalue weighted by atomic mass is 9.32. The molecule has 0 saturated heterocycles. The molecule has 11 heteroatoms. The van der Waals surface area contributed by atoms with Crippen molar-refractivity contribution in [2.45, 2.75) is 37.3 Å². The first kappa shape index (κ1) is 17.8. The number of carbonyl (C=O) groups is 1. The van der Waals surface area contributed by atoms with E-state index < -0.39 is 52.1 Å². The van der Waals surface area contributed by atoms with Gasteiger partial charge in [0.25, 0.3) is 5.92 Å². The molecule has 1 aromatic heterocycles. The predicted molar refractivity (Wildman–Crippen MR) is 79.4 cm³/mol. The molecule has 2 bridgehead atoms. The number of aliphatic hydroxyl groups is 1. The van der Waals surface area contributed by atoms with E-state index in [4.69, 9.17) is 0 Å². The number of carboxylic acids is 1. The summed E-state index contributed by atoms with van der Waals surface area (Å²) in [6.07, 6.45) is -0.0154. The number of alkyl halides is 2. The number of hydrogen-bond acceptors (Lipinski definition) is 5. The van der Waals surface area contributed by atoms with Gasteiger partial charge in [0.15, 0.2) is 5.60 Å². The Hall–Kier alpha value is -2.56. The van der Waals surface area contributed by atoms with Crippen molar-refractivity contribution in [1.82, 2.24) is 20.2 Å². The SMILES string of the molecule is O=C(O)C12CC(C(F)(F)[C@@](O)(Cn3cnnn3)c3ccc(F)cc3F)(C1)C2. The number of halogens is 4. The van der Waals surface area contributed by atoms with E-state index in [-0.39, 0.29) is 19.3 Å². The molecule has 1 heterocycles. The Balaban J connectivity index is 1.78. The zero-order valence-corrected chi connectivity index (χ0v) is 13.7. The molecule has 7 nitrogen and oxygen atoms in total. The Morgan fingerprint density at radius 3 is 2.44 bits per heavy atom. The molecule has 5 rings (SSSR count). The van der Waals surface area contributed by atoms with Gasteiger partial charge in [-0.2, -0.15) is 0 Å². The van der Waals surface area contributed by atoms with Crippen LogP contribution in [0.4, 0.5) is 17.6 Å². The van der Waals surface area contributed by atoms with Crippen LogP contribution < -0.4 is 0 Å². The van der Waals surface area contributed by atoms with E-state index in [0.29, 0.717) is 6.07 Å². The van der Waals surface area contributed by atoms with Crippen LogP contribution in [0.3, 0.4) is 0 Å². The van der Waals surface area contributed by atoms with Gasteiger partial charge in [-0.15, -0.1) is 5.10 Å². The number of hydrogen-bond donors (Lipinski definition) is 2. The molecule has 0 amide bonds. The molecule has 3 saturated carbocycles. The quantitative estimate of drug-likeness (QED) is 0.734. The van der Waals surface area contributed by atoms with Crippen LogP contribution in [-0.4, -0.2) is 42.3 Å². The molecule has 1 aromatic carbocycles. The molecule has 0 aliphatic heterocycles. The number of aliphatic carboxylic acids is 1. The van der Waals surface area contributed by atoms with Crippen molar-refractivity contribution < 1.29 is 32.6 Å². The minimum absolute atomic E-state index is 0.330. The standard InChI is InChI=1S/C16H14F4N4O3/c17-9-1-2-10(11(18)3-9)15(27,7-24-8-21-22-23-24)16(19,20)14-4-13(5-14,6-14)12(25)26/h1-3,8,27H,4-7H2,(H,25,26)/t13?,14?,15-/m1/s1. The molecule has 0 unspecified atom stereocenters. The van der Waals surface area contributed by atoms with Gasteiger partial charge in [0.1, 0.15) is 18.0 Å². The average Bonchev–Trinajstić information content (AvgIpc) is 2.95. The number of aromatic nitrogens is 4. The molecule has 3 fully saturated rings. The molecule has 0 radical (unpaired) electrons. The number of tetrazole rings is 1. The van der Waals surface area contributed by atoms with E-state index in [2.05, 4.69) is 15.5 Å². The summed E-state index contributed by atoms with van der Waals surface area (Å²) in [5, 5.41) is 30.2. The second-order valence-corrected chi connectivity index (χ2v) is 7.46. The summed E-state index contributed by atoms with van der Waals surface area (Å²) in [6.45, 7) is -0.891. The second-order valence-electron chi connectivity index (χ2n) is 7.46. The molecule has 144 valence electrons. The van der Waals surface area contributed by atoms with Crippen LogP contribution in [0.1, 0.15) is 24.8 Å². The van der Waals surface area contributed by atoms with E-state index in [1.165, 1.54) is 0 Å². The minimum Gasteiger partial charge on any atom is -0.481 e. The van der Waals surface area contributed by atoms with E-state index >= 15 is 8.78 Å². The van der Waals surface area contributed by atoms with Gasteiger partial charge in [-0.3, -0.25) is 4.79 Å². The smallest absolute Gasteiger partial charge is 0.309 e. The second kappa shape index (κ2) is 5.24. The third-order valence-corrected chi connectivity index (χ3v) is 5.83. The molecule has 27 heavy (non-hydrogen) atoms. The highest BCUT2D eigenvalue weighted by Gasteiger charge is 2.84. The number of carboxylic acid groups (broad SMARTS) is 1. The van der Waals surface area contributed by atoms with Gasteiger partial charge in [-0.25, -0.2) is 22.2 Å². The topological polar surface area (TPSA) is 101 Å². The van der Waals surface area contributed by atoms with Gasteiger partial charge in [-0.1, -0.05) is 0 Å². The van der Waals surface area contributed by atoms with Crippen LogP contribution in [-0.2, 0) is 16.9 Å². The van der Waals surface area contributed by atoms with Crippen molar-refractivity contribution in [2.75, 3.05) is 0 Å². The maximum atomic E-state index is 15.5. The first-order chi connectivity index (χ1) is 12.6. The Bertz CT molecular complexity index is 901. The van der Waals surface area contributed by atoms with Crippen LogP contribution in [0.2, 0.25) is 0 Å². The van der Waals surface area contributed by atoms with Crippen molar-refractivity contribution in [3.63, 3.8) is 0 Å². The molecule has 0 spiro atoms. The van der Waals surface area contributed by atoms with E-state index in [9.17, 15) is 23.8 Å². The summed E-state index contributed by atoms with van der Waals surface area (Å²) in [4.78, 5) is 11.2. The highest BCUT2D eigenvalue weighted by atomic mass is 19.3. The van der Waals surface area contributed by atoms with Gasteiger partial charge in [-0.05, 0) is 41.8 Å². The van der Waals surface area contributed by atoms with E-state index in [1.54, 1.807) is 0 Å². The van der Waals surface area contributed by atoms with Crippen LogP contribution in [0.15, 0.2) is 24.5 Å². The highest BCUT2D eigenvalue weighted by molar-refractivity contribution is 5.79.